The average molecular weight is 235 g/mol. The standard InChI is InChI=1S/C14H21NO2/c1-14(2,15)11-8-12(17-3)9-6-4-5-7-10(9)13(11)16/h8,16H,4-7,15H2,1-3H3. The second-order valence-corrected chi connectivity index (χ2v) is 5.36. The van der Waals surface area contributed by atoms with Crippen LogP contribution in [0.1, 0.15) is 43.4 Å². The first-order valence-electron chi connectivity index (χ1n) is 6.16. The second kappa shape index (κ2) is 4.22. The zero-order valence-electron chi connectivity index (χ0n) is 10.8. The van der Waals surface area contributed by atoms with Crippen LogP contribution in [0, 0.1) is 0 Å². The van der Waals surface area contributed by atoms with E-state index in [2.05, 4.69) is 0 Å². The lowest BCUT2D eigenvalue weighted by Crippen LogP contribution is -2.29. The van der Waals surface area contributed by atoms with Gasteiger partial charge in [-0.25, -0.2) is 0 Å². The van der Waals surface area contributed by atoms with Crippen molar-refractivity contribution in [1.82, 2.24) is 0 Å². The molecule has 0 heterocycles. The molecule has 0 bridgehead atoms. The fraction of sp³-hybridized carbons (Fsp3) is 0.571. The zero-order valence-corrected chi connectivity index (χ0v) is 10.8. The van der Waals surface area contributed by atoms with Gasteiger partial charge in [0.25, 0.3) is 0 Å². The monoisotopic (exact) mass is 235 g/mol. The van der Waals surface area contributed by atoms with E-state index in [4.69, 9.17) is 10.5 Å². The van der Waals surface area contributed by atoms with Crippen molar-refractivity contribution in [2.75, 3.05) is 7.11 Å². The molecular formula is C14H21NO2. The Balaban J connectivity index is 2.64. The predicted octanol–water partition coefficient (Wildman–Crippen LogP) is 2.47. The second-order valence-electron chi connectivity index (χ2n) is 5.36. The van der Waals surface area contributed by atoms with E-state index >= 15 is 0 Å². The lowest BCUT2D eigenvalue weighted by Gasteiger charge is -2.27. The number of phenolic OH excluding ortho intramolecular Hbond substituents is 1. The van der Waals surface area contributed by atoms with E-state index in [0.717, 1.165) is 48.1 Å². The molecule has 3 nitrogen and oxygen atoms in total. The highest BCUT2D eigenvalue weighted by Gasteiger charge is 2.26. The Morgan fingerprint density at radius 2 is 1.82 bits per heavy atom. The van der Waals surface area contributed by atoms with Gasteiger partial charge in [-0.2, -0.15) is 0 Å². The van der Waals surface area contributed by atoms with Crippen LogP contribution in [-0.2, 0) is 18.4 Å². The van der Waals surface area contributed by atoms with E-state index in [1.54, 1.807) is 7.11 Å². The molecule has 0 aliphatic heterocycles. The number of phenols is 1. The molecule has 17 heavy (non-hydrogen) atoms. The van der Waals surface area contributed by atoms with Crippen LogP contribution < -0.4 is 10.5 Å². The molecule has 0 spiro atoms. The smallest absolute Gasteiger partial charge is 0.124 e. The Kier molecular flexibility index (Phi) is 3.04. The van der Waals surface area contributed by atoms with E-state index in [-0.39, 0.29) is 0 Å². The Morgan fingerprint density at radius 3 is 2.35 bits per heavy atom. The van der Waals surface area contributed by atoms with Crippen molar-refractivity contribution in [3.05, 3.63) is 22.8 Å². The molecule has 3 N–H and O–H groups in total. The largest absolute Gasteiger partial charge is 0.507 e. The summed E-state index contributed by atoms with van der Waals surface area (Å²) in [6.07, 6.45) is 4.19. The minimum absolute atomic E-state index is 0.369. The summed E-state index contributed by atoms with van der Waals surface area (Å²) < 4.78 is 5.44. The highest BCUT2D eigenvalue weighted by atomic mass is 16.5. The van der Waals surface area contributed by atoms with Gasteiger partial charge in [0.15, 0.2) is 0 Å². The summed E-state index contributed by atoms with van der Waals surface area (Å²) >= 11 is 0. The maximum absolute atomic E-state index is 10.4. The van der Waals surface area contributed by atoms with Gasteiger partial charge in [-0.15, -0.1) is 0 Å². The van der Waals surface area contributed by atoms with Gasteiger partial charge in [0.2, 0.25) is 0 Å². The number of fused-ring (bicyclic) bond motifs is 1. The van der Waals surface area contributed by atoms with Gasteiger partial charge < -0.3 is 15.6 Å². The van der Waals surface area contributed by atoms with Crippen molar-refractivity contribution in [1.29, 1.82) is 0 Å². The molecule has 0 atom stereocenters. The van der Waals surface area contributed by atoms with Gasteiger partial charge in [-0.05, 0) is 45.6 Å². The van der Waals surface area contributed by atoms with Crippen LogP contribution in [0.25, 0.3) is 0 Å². The molecule has 94 valence electrons. The Bertz CT molecular complexity index is 433. The summed E-state index contributed by atoms with van der Waals surface area (Å²) in [5.41, 5.74) is 8.51. The van der Waals surface area contributed by atoms with Gasteiger partial charge in [0.05, 0.1) is 7.11 Å². The van der Waals surface area contributed by atoms with Crippen LogP contribution >= 0.6 is 0 Å². The molecule has 0 fully saturated rings. The number of hydrogen-bond acceptors (Lipinski definition) is 3. The Morgan fingerprint density at radius 1 is 1.24 bits per heavy atom. The number of aromatic hydroxyl groups is 1. The van der Waals surface area contributed by atoms with Crippen molar-refractivity contribution in [2.24, 2.45) is 5.73 Å². The van der Waals surface area contributed by atoms with Crippen molar-refractivity contribution < 1.29 is 9.84 Å². The molecule has 0 saturated carbocycles. The van der Waals surface area contributed by atoms with Gasteiger partial charge in [-0.1, -0.05) is 0 Å². The van der Waals surface area contributed by atoms with Crippen LogP contribution in [0.15, 0.2) is 6.07 Å². The minimum atomic E-state index is -0.552. The van der Waals surface area contributed by atoms with Gasteiger partial charge in [0, 0.05) is 22.2 Å². The summed E-state index contributed by atoms with van der Waals surface area (Å²) in [5, 5.41) is 10.4. The molecule has 3 heteroatoms. The third-order valence-corrected chi connectivity index (χ3v) is 3.50. The number of methoxy groups -OCH3 is 1. The first-order chi connectivity index (χ1) is 7.95. The highest BCUT2D eigenvalue weighted by molar-refractivity contribution is 5.55. The van der Waals surface area contributed by atoms with Crippen LogP contribution in [0.5, 0.6) is 11.5 Å². The highest BCUT2D eigenvalue weighted by Crippen LogP contribution is 2.41. The summed E-state index contributed by atoms with van der Waals surface area (Å²) in [5.74, 6) is 1.24. The topological polar surface area (TPSA) is 55.5 Å². The predicted molar refractivity (Wildman–Crippen MR) is 68.5 cm³/mol. The molecule has 0 aromatic heterocycles. The van der Waals surface area contributed by atoms with Crippen LogP contribution in [-0.4, -0.2) is 12.2 Å². The molecule has 0 unspecified atom stereocenters. The number of hydrogen-bond donors (Lipinski definition) is 2. The molecule has 0 saturated heterocycles. The van der Waals surface area contributed by atoms with E-state index in [9.17, 15) is 5.11 Å². The molecular weight excluding hydrogens is 214 g/mol. The first kappa shape index (κ1) is 12.2. The summed E-state index contributed by atoms with van der Waals surface area (Å²) in [6, 6.07) is 1.89. The SMILES string of the molecule is COc1cc(C(C)(C)N)c(O)c2c1CCCC2. The molecule has 2 rings (SSSR count). The molecule has 1 aromatic rings. The lowest BCUT2D eigenvalue weighted by atomic mass is 9.84. The number of ether oxygens (including phenoxy) is 1. The summed E-state index contributed by atoms with van der Waals surface area (Å²) in [4.78, 5) is 0. The number of rotatable bonds is 2. The lowest BCUT2D eigenvalue weighted by molar-refractivity contribution is 0.390. The van der Waals surface area contributed by atoms with Crippen molar-refractivity contribution in [3.63, 3.8) is 0 Å². The first-order valence-corrected chi connectivity index (χ1v) is 6.16. The number of nitrogens with two attached hydrogens (primary N) is 1. The zero-order chi connectivity index (χ0) is 12.6. The summed E-state index contributed by atoms with van der Waals surface area (Å²) in [7, 11) is 1.68. The summed E-state index contributed by atoms with van der Waals surface area (Å²) in [6.45, 7) is 3.80. The normalized spacial score (nSPS) is 15.5. The van der Waals surface area contributed by atoms with Gasteiger partial charge in [0.1, 0.15) is 11.5 Å². The average Bonchev–Trinajstić information content (AvgIpc) is 2.28. The van der Waals surface area contributed by atoms with E-state index in [1.807, 2.05) is 19.9 Å². The Labute approximate surface area is 103 Å². The maximum atomic E-state index is 10.4. The van der Waals surface area contributed by atoms with E-state index in [0.29, 0.717) is 5.75 Å². The molecule has 1 aliphatic carbocycles. The van der Waals surface area contributed by atoms with Crippen LogP contribution in [0.4, 0.5) is 0 Å². The Hall–Kier alpha value is -1.22. The van der Waals surface area contributed by atoms with Gasteiger partial charge in [-0.3, -0.25) is 0 Å². The minimum Gasteiger partial charge on any atom is -0.507 e. The fourth-order valence-electron chi connectivity index (χ4n) is 2.56. The van der Waals surface area contributed by atoms with E-state index in [1.165, 1.54) is 0 Å². The molecule has 0 amide bonds. The van der Waals surface area contributed by atoms with E-state index < -0.39 is 5.54 Å². The third-order valence-electron chi connectivity index (χ3n) is 3.50. The third kappa shape index (κ3) is 2.12. The van der Waals surface area contributed by atoms with Gasteiger partial charge >= 0.3 is 0 Å². The van der Waals surface area contributed by atoms with Crippen molar-refractivity contribution in [2.45, 2.75) is 45.1 Å². The molecule has 1 aromatic carbocycles. The maximum Gasteiger partial charge on any atom is 0.124 e. The van der Waals surface area contributed by atoms with Crippen molar-refractivity contribution in [3.8, 4) is 11.5 Å². The molecule has 0 radical (unpaired) electrons. The van der Waals surface area contributed by atoms with Crippen LogP contribution in [0.3, 0.4) is 0 Å². The van der Waals surface area contributed by atoms with Crippen molar-refractivity contribution >= 4 is 0 Å². The van der Waals surface area contributed by atoms with Crippen LogP contribution in [0.2, 0.25) is 0 Å². The molecule has 1 aliphatic rings. The quantitative estimate of drug-likeness (QED) is 0.828. The fourth-order valence-corrected chi connectivity index (χ4v) is 2.56. The number of benzene rings is 1.